The molecule has 4 nitrogen and oxygen atoms in total. The van der Waals surface area contributed by atoms with E-state index in [1.807, 2.05) is 16.9 Å². The third-order valence-corrected chi connectivity index (χ3v) is 4.35. The topological polar surface area (TPSA) is 34.0 Å². The van der Waals surface area contributed by atoms with E-state index in [4.69, 9.17) is 4.98 Å². The zero-order valence-electron chi connectivity index (χ0n) is 13.2. The normalized spacial score (nSPS) is 19.5. The maximum atomic E-state index is 4.94. The average Bonchev–Trinajstić information content (AvgIpc) is 3.16. The second-order valence-electron chi connectivity index (χ2n) is 5.97. The summed E-state index contributed by atoms with van der Waals surface area (Å²) in [5.41, 5.74) is 3.33. The molecule has 1 aliphatic heterocycles. The first-order valence-electron chi connectivity index (χ1n) is 7.95. The highest BCUT2D eigenvalue weighted by Crippen LogP contribution is 2.33. The molecule has 0 radical (unpaired) electrons. The highest BCUT2D eigenvalue weighted by Gasteiger charge is 2.28. The largest absolute Gasteiger partial charge is 0.292 e. The Balaban J connectivity index is 1.93. The van der Waals surface area contributed by atoms with Gasteiger partial charge in [0.15, 0.2) is 0 Å². The summed E-state index contributed by atoms with van der Waals surface area (Å²) < 4.78 is 2.00. The molecule has 3 rings (SSSR count). The van der Waals surface area contributed by atoms with Crippen molar-refractivity contribution in [2.45, 2.75) is 52.2 Å². The predicted octanol–water partition coefficient (Wildman–Crippen LogP) is 3.51. The molecule has 0 spiro atoms. The Morgan fingerprint density at radius 3 is 2.90 bits per heavy atom. The third kappa shape index (κ3) is 2.72. The highest BCUT2D eigenvalue weighted by atomic mass is 15.3. The molecule has 3 heterocycles. The van der Waals surface area contributed by atoms with Gasteiger partial charge < -0.3 is 0 Å². The maximum absolute atomic E-state index is 4.94. The van der Waals surface area contributed by atoms with E-state index in [2.05, 4.69) is 49.0 Å². The number of hydrogen-bond donors (Lipinski definition) is 0. The molecule has 2 aromatic rings. The van der Waals surface area contributed by atoms with E-state index in [0.29, 0.717) is 12.1 Å². The molecular formula is C17H24N4. The van der Waals surface area contributed by atoms with Gasteiger partial charge in [-0.2, -0.15) is 5.10 Å². The second kappa shape index (κ2) is 5.98. The smallest absolute Gasteiger partial charge is 0.0887 e. The number of rotatable bonds is 4. The Bertz CT molecular complexity index is 602. The molecule has 1 fully saturated rings. The standard InChI is InChI=1S/C17H24N4/c1-4-21-17(10-11-18-21)15-8-5-7-14(19-15)16-9-6-12-20(16)13(2)3/h5,7-8,10-11,13,16H,4,6,9,12H2,1-3H3. The summed E-state index contributed by atoms with van der Waals surface area (Å²) in [6.45, 7) is 8.71. The Morgan fingerprint density at radius 1 is 1.29 bits per heavy atom. The molecule has 112 valence electrons. The van der Waals surface area contributed by atoms with Crippen LogP contribution in [0.4, 0.5) is 0 Å². The zero-order chi connectivity index (χ0) is 14.8. The Labute approximate surface area is 126 Å². The molecule has 0 aliphatic carbocycles. The fourth-order valence-electron chi connectivity index (χ4n) is 3.31. The van der Waals surface area contributed by atoms with Crippen molar-refractivity contribution in [2.75, 3.05) is 6.54 Å². The predicted molar refractivity (Wildman–Crippen MR) is 84.9 cm³/mol. The van der Waals surface area contributed by atoms with Crippen LogP contribution < -0.4 is 0 Å². The van der Waals surface area contributed by atoms with E-state index < -0.39 is 0 Å². The number of pyridine rings is 1. The molecule has 21 heavy (non-hydrogen) atoms. The quantitative estimate of drug-likeness (QED) is 0.861. The Hall–Kier alpha value is -1.68. The van der Waals surface area contributed by atoms with Gasteiger partial charge in [-0.3, -0.25) is 9.58 Å². The minimum absolute atomic E-state index is 0.461. The molecule has 1 unspecified atom stereocenters. The summed E-state index contributed by atoms with van der Waals surface area (Å²) >= 11 is 0. The molecule has 2 aromatic heterocycles. The molecule has 0 amide bonds. The van der Waals surface area contributed by atoms with Gasteiger partial charge in [0.2, 0.25) is 0 Å². The summed E-state index contributed by atoms with van der Waals surface area (Å²) in [6, 6.07) is 9.46. The van der Waals surface area contributed by atoms with Crippen LogP contribution in [0.15, 0.2) is 30.5 Å². The van der Waals surface area contributed by atoms with Gasteiger partial charge in [-0.25, -0.2) is 4.98 Å². The monoisotopic (exact) mass is 284 g/mol. The SMILES string of the molecule is CCn1nccc1-c1cccc(C2CCCN2C(C)C)n1. The lowest BCUT2D eigenvalue weighted by Gasteiger charge is -2.28. The molecular weight excluding hydrogens is 260 g/mol. The van der Waals surface area contributed by atoms with Crippen molar-refractivity contribution in [1.29, 1.82) is 0 Å². The van der Waals surface area contributed by atoms with Crippen LogP contribution in [0.2, 0.25) is 0 Å². The van der Waals surface area contributed by atoms with Gasteiger partial charge in [0.05, 0.1) is 23.1 Å². The zero-order valence-corrected chi connectivity index (χ0v) is 13.2. The van der Waals surface area contributed by atoms with Crippen LogP contribution in [0.3, 0.4) is 0 Å². The number of nitrogens with zero attached hydrogens (tertiary/aromatic N) is 4. The molecule has 1 saturated heterocycles. The van der Waals surface area contributed by atoms with Crippen LogP contribution in [0.25, 0.3) is 11.4 Å². The van der Waals surface area contributed by atoms with Crippen molar-refractivity contribution in [1.82, 2.24) is 19.7 Å². The van der Waals surface area contributed by atoms with Crippen molar-refractivity contribution in [3.05, 3.63) is 36.2 Å². The summed E-state index contributed by atoms with van der Waals surface area (Å²) in [7, 11) is 0. The molecule has 0 aromatic carbocycles. The summed E-state index contributed by atoms with van der Waals surface area (Å²) in [4.78, 5) is 7.49. The van der Waals surface area contributed by atoms with Crippen LogP contribution in [-0.2, 0) is 6.54 Å². The van der Waals surface area contributed by atoms with Gasteiger partial charge in [-0.05, 0) is 58.4 Å². The Morgan fingerprint density at radius 2 is 2.14 bits per heavy atom. The fraction of sp³-hybridized carbons (Fsp3) is 0.529. The van der Waals surface area contributed by atoms with E-state index in [-0.39, 0.29) is 0 Å². The van der Waals surface area contributed by atoms with Crippen LogP contribution in [0.1, 0.15) is 45.3 Å². The highest BCUT2D eigenvalue weighted by molar-refractivity contribution is 5.54. The minimum Gasteiger partial charge on any atom is -0.292 e. The molecule has 0 saturated carbocycles. The third-order valence-electron chi connectivity index (χ3n) is 4.35. The number of likely N-dealkylation sites (tertiary alicyclic amines) is 1. The van der Waals surface area contributed by atoms with Crippen LogP contribution in [0, 0.1) is 0 Å². The second-order valence-corrected chi connectivity index (χ2v) is 5.97. The first-order valence-corrected chi connectivity index (χ1v) is 7.95. The summed E-state index contributed by atoms with van der Waals surface area (Å²) in [5.74, 6) is 0. The van der Waals surface area contributed by atoms with Gasteiger partial charge in [0.25, 0.3) is 0 Å². The first kappa shape index (κ1) is 14.3. The molecule has 0 N–H and O–H groups in total. The van der Waals surface area contributed by atoms with E-state index in [1.54, 1.807) is 0 Å². The van der Waals surface area contributed by atoms with Crippen LogP contribution in [0.5, 0.6) is 0 Å². The molecule has 4 heteroatoms. The van der Waals surface area contributed by atoms with Crippen LogP contribution >= 0.6 is 0 Å². The van der Waals surface area contributed by atoms with E-state index in [0.717, 1.165) is 17.9 Å². The van der Waals surface area contributed by atoms with Gasteiger partial charge in [0, 0.05) is 18.8 Å². The van der Waals surface area contributed by atoms with E-state index in [9.17, 15) is 0 Å². The molecule has 0 bridgehead atoms. The van der Waals surface area contributed by atoms with E-state index in [1.165, 1.54) is 25.1 Å². The number of hydrogen-bond acceptors (Lipinski definition) is 3. The minimum atomic E-state index is 0.461. The van der Waals surface area contributed by atoms with Crippen molar-refractivity contribution in [2.24, 2.45) is 0 Å². The van der Waals surface area contributed by atoms with Crippen LogP contribution in [-0.4, -0.2) is 32.3 Å². The lowest BCUT2D eigenvalue weighted by atomic mass is 10.1. The molecule has 1 atom stereocenters. The van der Waals surface area contributed by atoms with Gasteiger partial charge >= 0.3 is 0 Å². The Kier molecular flexibility index (Phi) is 4.06. The number of aromatic nitrogens is 3. The van der Waals surface area contributed by atoms with Gasteiger partial charge in [-0.15, -0.1) is 0 Å². The fourth-order valence-corrected chi connectivity index (χ4v) is 3.31. The van der Waals surface area contributed by atoms with Gasteiger partial charge in [0.1, 0.15) is 0 Å². The van der Waals surface area contributed by atoms with Crippen molar-refractivity contribution in [3.63, 3.8) is 0 Å². The first-order chi connectivity index (χ1) is 10.2. The van der Waals surface area contributed by atoms with Gasteiger partial charge in [-0.1, -0.05) is 6.07 Å². The van der Waals surface area contributed by atoms with Crippen molar-refractivity contribution < 1.29 is 0 Å². The van der Waals surface area contributed by atoms with E-state index >= 15 is 0 Å². The number of aryl methyl sites for hydroxylation is 1. The summed E-state index contributed by atoms with van der Waals surface area (Å²) in [6.07, 6.45) is 4.33. The summed E-state index contributed by atoms with van der Waals surface area (Å²) in [5, 5.41) is 4.35. The maximum Gasteiger partial charge on any atom is 0.0887 e. The van der Waals surface area contributed by atoms with Crippen molar-refractivity contribution >= 4 is 0 Å². The van der Waals surface area contributed by atoms with Crippen molar-refractivity contribution in [3.8, 4) is 11.4 Å². The lowest BCUT2D eigenvalue weighted by Crippen LogP contribution is -2.30. The average molecular weight is 284 g/mol. The molecule has 1 aliphatic rings. The lowest BCUT2D eigenvalue weighted by molar-refractivity contribution is 0.202.